The van der Waals surface area contributed by atoms with E-state index in [1.807, 2.05) is 27.9 Å². The molecule has 0 radical (unpaired) electrons. The molecule has 0 spiro atoms. The third-order valence-corrected chi connectivity index (χ3v) is 52.7. The fourth-order valence-corrected chi connectivity index (χ4v) is 43.9. The van der Waals surface area contributed by atoms with E-state index in [0.29, 0.717) is 65.5 Å². The van der Waals surface area contributed by atoms with Crippen molar-refractivity contribution in [3.8, 4) is 0 Å². The van der Waals surface area contributed by atoms with Crippen molar-refractivity contribution >= 4 is 0 Å². The summed E-state index contributed by atoms with van der Waals surface area (Å²) in [4.78, 5) is 0. The summed E-state index contributed by atoms with van der Waals surface area (Å²) in [5, 5.41) is 51.7. The van der Waals surface area contributed by atoms with Gasteiger partial charge < -0.3 is 25.5 Å². The minimum absolute atomic E-state index is 0.00830. The monoisotopic (exact) mass is 1970 g/mol. The van der Waals surface area contributed by atoms with Crippen LogP contribution >= 0.6 is 0 Å². The molecule has 14 fully saturated rings. The van der Waals surface area contributed by atoms with Gasteiger partial charge in [0.25, 0.3) is 0 Å². The van der Waals surface area contributed by atoms with Crippen molar-refractivity contribution in [3.05, 3.63) is 80.5 Å². The third-order valence-electron chi connectivity index (χ3n) is 52.7. The normalized spacial score (nSPS) is 46.1. The molecule has 20 aliphatic rings. The molecule has 39 atom stereocenters. The Morgan fingerprint density at radius 1 is 0.322 bits per heavy atom. The maximum Gasteiger partial charge on any atom is 0.0594 e. The van der Waals surface area contributed by atoms with Crippen molar-refractivity contribution in [2.24, 2.45) is 213 Å². The highest BCUT2D eigenvalue weighted by molar-refractivity contribution is 5.40. The lowest BCUT2D eigenvalue weighted by atomic mass is 9.43. The van der Waals surface area contributed by atoms with E-state index in [1.165, 1.54) is 306 Å². The summed E-state index contributed by atoms with van der Waals surface area (Å²) < 4.78 is 0. The van der Waals surface area contributed by atoms with Crippen molar-refractivity contribution in [3.63, 3.8) is 0 Å². The molecule has 5 N–H and O–H groups in total. The SMILES string of the molecule is CC(C)=CCC[C@@H](C)[C@H]1CC[C@@]2(C)C3=C(CC[C@]12C)[C@@]1(C)CC[C@H](O)C(C)(C)[C@@H]1CC3.CC(C)=CCC[C@@H](C)[C@H]1CC[C@H]2C3=C(CC[C@]12C)[C@@]1(C)CC[C@H](O)C[C@@H]1CC3.CC(C)=CCC[C@@H](C)[C@H]1CC[C@H]2[C@@H]3CC=C4C[C@@H](O)CC[C@]4(C)[C@H]3CC[C@]12C.CC(C)CCC[C@@H](C)[C@H]1CC[C@H]2C3=CCC4C[C@@H](O)CC[C@]4(C)[C@H]3CC[C@]12C.CC(C)CCC[C@@H](C)[C@H]1CC[C@H]2[C@@H]3CC[C@@H]4C[C@@H](O)CC[C@]4(C)[C@H]3CC[C@]12C. The van der Waals surface area contributed by atoms with Crippen LogP contribution in [0.1, 0.15) is 541 Å². The Morgan fingerprint density at radius 2 is 0.783 bits per heavy atom. The van der Waals surface area contributed by atoms with E-state index >= 15 is 0 Å². The van der Waals surface area contributed by atoms with Gasteiger partial charge in [-0.3, -0.25) is 0 Å². The Balaban J connectivity index is 0.000000128. The second-order valence-corrected chi connectivity index (χ2v) is 61.8. The number of aliphatic hydroxyl groups excluding tert-OH is 5. The van der Waals surface area contributed by atoms with Crippen LogP contribution in [0.25, 0.3) is 0 Å². The third kappa shape index (κ3) is 21.5. The molecule has 5 heteroatoms. The average Bonchev–Trinajstić information content (AvgIpc) is 1.60. The molecular formula is C138H232O5. The lowest BCUT2D eigenvalue weighted by Crippen LogP contribution is -2.55. The van der Waals surface area contributed by atoms with Gasteiger partial charge in [-0.25, -0.2) is 0 Å². The molecule has 0 aromatic carbocycles. The fourth-order valence-electron chi connectivity index (χ4n) is 43.9. The van der Waals surface area contributed by atoms with Crippen molar-refractivity contribution in [1.29, 1.82) is 0 Å². The summed E-state index contributed by atoms with van der Waals surface area (Å²) >= 11 is 0. The number of aliphatic hydroxyl groups is 5. The van der Waals surface area contributed by atoms with E-state index in [1.54, 1.807) is 5.57 Å². The van der Waals surface area contributed by atoms with Crippen molar-refractivity contribution < 1.29 is 25.5 Å². The molecule has 143 heavy (non-hydrogen) atoms. The van der Waals surface area contributed by atoms with E-state index < -0.39 is 0 Å². The first kappa shape index (κ1) is 114. The van der Waals surface area contributed by atoms with Gasteiger partial charge in [-0.2, -0.15) is 0 Å². The topological polar surface area (TPSA) is 101 Å². The van der Waals surface area contributed by atoms with Crippen LogP contribution in [0, 0.1) is 213 Å². The lowest BCUT2D eigenvalue weighted by Gasteiger charge is -2.62. The summed E-state index contributed by atoms with van der Waals surface area (Å²) in [6.07, 6.45) is 83.5. The summed E-state index contributed by atoms with van der Waals surface area (Å²) in [7, 11) is 0. The van der Waals surface area contributed by atoms with Crippen LogP contribution in [0.4, 0.5) is 0 Å². The quantitative estimate of drug-likeness (QED) is 0.0696. The van der Waals surface area contributed by atoms with Gasteiger partial charge >= 0.3 is 0 Å². The van der Waals surface area contributed by atoms with Crippen LogP contribution < -0.4 is 0 Å². The van der Waals surface area contributed by atoms with Crippen LogP contribution in [0.2, 0.25) is 0 Å². The molecule has 0 aliphatic heterocycles. The smallest absolute Gasteiger partial charge is 0.0594 e. The first-order valence-corrected chi connectivity index (χ1v) is 63.5. The molecular weight excluding hydrogens is 1740 g/mol. The van der Waals surface area contributed by atoms with Crippen LogP contribution in [0.3, 0.4) is 0 Å². The maximum absolute atomic E-state index is 10.8. The molecule has 0 aromatic heterocycles. The van der Waals surface area contributed by atoms with E-state index in [9.17, 15) is 25.5 Å². The largest absolute Gasteiger partial charge is 0.393 e. The van der Waals surface area contributed by atoms with Gasteiger partial charge in [-0.1, -0.05) is 271 Å². The summed E-state index contributed by atoms with van der Waals surface area (Å²) in [6, 6.07) is 0. The highest BCUT2D eigenvalue weighted by Gasteiger charge is 2.68. The summed E-state index contributed by atoms with van der Waals surface area (Å²) in [5.41, 5.74) is 20.7. The van der Waals surface area contributed by atoms with Crippen LogP contribution in [0.5, 0.6) is 0 Å². The molecule has 20 aliphatic carbocycles. The Kier molecular flexibility index (Phi) is 35.5. The van der Waals surface area contributed by atoms with Gasteiger partial charge in [0.1, 0.15) is 0 Å². The number of allylic oxidation sites excluding steroid dienone is 13. The first-order chi connectivity index (χ1) is 67.4. The number of hydrogen-bond acceptors (Lipinski definition) is 5. The van der Waals surface area contributed by atoms with Gasteiger partial charge in [-0.15, -0.1) is 0 Å². The Hall–Kier alpha value is -2.02. The predicted octanol–water partition coefficient (Wildman–Crippen LogP) is 38.1. The zero-order valence-electron chi connectivity index (χ0n) is 99.1. The lowest BCUT2D eigenvalue weighted by molar-refractivity contribution is -0.129. The predicted molar refractivity (Wildman–Crippen MR) is 609 cm³/mol. The highest BCUT2D eigenvalue weighted by Crippen LogP contribution is 2.77. The minimum atomic E-state index is -0.130. The number of fused-ring (bicyclic) bond motifs is 23. The standard InChI is InChI=1S/C30H50O.C27H48O.C27H46O.2C27H44O/c1-20(2)10-9-11-21(3)22-14-18-30(8)24-12-13-25-27(4,5)26(31)16-17-28(25,6)23(24)15-19-29(22,30)7;4*1-18(2)7-6-8-19(3)23-11-12-24-22-10-9-20-17-21(28)13-15-26(20,4)25(22)14-16-27(23,24)5/h10,21-22,25-26,31H,9,11-19H2,1-8H3;18-25,28H,6-17H2,1-5H3;10,18-21,23-25,28H,6-9,11-17H2,1-5H3;7,19-21,23-24,28H,6,8-17H2,1-5H3;7,9,19,21-25,28H,6,8,10-17H2,1-5H3/t21-,22-,25+,26+,28-,29-,30+;19-,20-,21+,22+,23-,24+,25+,26+,27-;19-,20?,21+,23-,24+,25+,26+,27-;19-,20+,21+,23-,24+,26+,27-;19-,21+,22+,23-,24+,25+,26+,27-/m11111/s1. The van der Waals surface area contributed by atoms with Crippen LogP contribution in [-0.2, 0) is 0 Å². The van der Waals surface area contributed by atoms with Gasteiger partial charge in [0, 0.05) is 0 Å². The van der Waals surface area contributed by atoms with Crippen molar-refractivity contribution in [2.45, 2.75) is 571 Å². The minimum Gasteiger partial charge on any atom is -0.393 e. The van der Waals surface area contributed by atoms with E-state index in [-0.39, 0.29) is 35.9 Å². The molecule has 0 amide bonds. The zero-order valence-corrected chi connectivity index (χ0v) is 99.1. The van der Waals surface area contributed by atoms with Gasteiger partial charge in [0.15, 0.2) is 0 Å². The molecule has 0 heterocycles. The Bertz CT molecular complexity index is 4480. The molecule has 0 bridgehead atoms. The fraction of sp³-hybridized carbons (Fsp3) is 0.899. The zero-order chi connectivity index (χ0) is 103. The molecule has 814 valence electrons. The summed E-state index contributed by atoms with van der Waals surface area (Å²) in [6.45, 7) is 69.3. The van der Waals surface area contributed by atoms with E-state index in [4.69, 9.17) is 0 Å². The second-order valence-electron chi connectivity index (χ2n) is 61.8. The van der Waals surface area contributed by atoms with Crippen LogP contribution in [0.15, 0.2) is 80.5 Å². The molecule has 0 saturated heterocycles. The van der Waals surface area contributed by atoms with E-state index in [0.717, 1.165) is 200 Å². The first-order valence-electron chi connectivity index (χ1n) is 63.5. The highest BCUT2D eigenvalue weighted by atomic mass is 16.3. The Morgan fingerprint density at radius 3 is 1.37 bits per heavy atom. The van der Waals surface area contributed by atoms with E-state index in [2.05, 4.69) is 224 Å². The van der Waals surface area contributed by atoms with Crippen molar-refractivity contribution in [1.82, 2.24) is 0 Å². The average molecular weight is 1970 g/mol. The molecule has 5 nitrogen and oxygen atoms in total. The molecule has 20 rings (SSSR count). The van der Waals surface area contributed by atoms with Gasteiger partial charge in [0.05, 0.1) is 30.5 Å². The molecule has 1 unspecified atom stereocenters. The van der Waals surface area contributed by atoms with Crippen LogP contribution in [-0.4, -0.2) is 56.1 Å². The number of rotatable bonds is 22. The molecule has 14 saturated carbocycles. The molecule has 0 aromatic rings. The van der Waals surface area contributed by atoms with Gasteiger partial charge in [-0.05, 0) is 563 Å². The maximum atomic E-state index is 10.8. The number of hydrogen-bond donors (Lipinski definition) is 5. The summed E-state index contributed by atoms with van der Waals surface area (Å²) in [5.74, 6) is 21.7. The van der Waals surface area contributed by atoms with Gasteiger partial charge in [0.2, 0.25) is 0 Å². The second kappa shape index (κ2) is 44.7. The Labute approximate surface area is 884 Å². The van der Waals surface area contributed by atoms with Crippen molar-refractivity contribution in [2.75, 3.05) is 0 Å².